The van der Waals surface area contributed by atoms with Crippen molar-refractivity contribution in [2.75, 3.05) is 130 Å². The number of para-hydroxylation sites is 1. The second-order valence-electron chi connectivity index (χ2n) is 33.4. The van der Waals surface area contributed by atoms with Crippen molar-refractivity contribution in [3.8, 4) is 11.5 Å². The molecule has 7 aliphatic rings. The lowest BCUT2D eigenvalue weighted by Crippen LogP contribution is -2.46. The van der Waals surface area contributed by atoms with E-state index in [1.807, 2.05) is 85.9 Å². The molecule has 9 aromatic rings. The van der Waals surface area contributed by atoms with Gasteiger partial charge in [-0.15, -0.1) is 0 Å². The molecular formula is C94H126N16O5. The Labute approximate surface area is 682 Å². The number of aryl methyl sites for hydroxylation is 4. The maximum absolute atomic E-state index is 12.4. The van der Waals surface area contributed by atoms with E-state index in [9.17, 15) is 20.1 Å². The summed E-state index contributed by atoms with van der Waals surface area (Å²) in [6.45, 7) is 13.3. The summed E-state index contributed by atoms with van der Waals surface area (Å²) in [6, 6.07) is 65.9. The summed E-state index contributed by atoms with van der Waals surface area (Å²) >= 11 is 0. The number of aromatic nitrogens is 6. The highest BCUT2D eigenvalue weighted by Crippen LogP contribution is 2.49. The van der Waals surface area contributed by atoms with Crippen LogP contribution in [0.25, 0.3) is 0 Å². The van der Waals surface area contributed by atoms with Crippen LogP contribution < -0.4 is 47.7 Å². The van der Waals surface area contributed by atoms with Crippen molar-refractivity contribution < 1.29 is 24.9 Å². The number of benzene rings is 6. The number of hydrogen-bond donors (Lipinski definition) is 8. The summed E-state index contributed by atoms with van der Waals surface area (Å²) in [5.41, 5.74) is 29.6. The van der Waals surface area contributed by atoms with Crippen LogP contribution in [0, 0.1) is 46.3 Å². The van der Waals surface area contributed by atoms with Gasteiger partial charge in [-0.1, -0.05) is 152 Å². The molecule has 0 radical (unpaired) electrons. The molecule has 612 valence electrons. The topological polar surface area (TPSA) is 297 Å². The molecule has 7 fully saturated rings. The van der Waals surface area contributed by atoms with E-state index in [1.54, 1.807) is 23.4 Å². The van der Waals surface area contributed by atoms with Gasteiger partial charge in [-0.2, -0.15) is 19.9 Å². The Bertz CT molecular complexity index is 4270. The molecule has 2 aliphatic carbocycles. The first-order valence-electron chi connectivity index (χ1n) is 42.5. The zero-order chi connectivity index (χ0) is 80.0. The second kappa shape index (κ2) is 43.3. The molecular weight excluding hydrogens is 1430 g/mol. The van der Waals surface area contributed by atoms with E-state index in [0.29, 0.717) is 30.7 Å². The van der Waals surface area contributed by atoms with Crippen molar-refractivity contribution in [1.82, 2.24) is 45.0 Å². The van der Waals surface area contributed by atoms with Gasteiger partial charge in [0.2, 0.25) is 23.8 Å². The third-order valence-corrected chi connectivity index (χ3v) is 25.0. The van der Waals surface area contributed by atoms with E-state index >= 15 is 0 Å². The molecule has 5 aliphatic heterocycles. The minimum absolute atomic E-state index is 0.00933. The Morgan fingerprint density at radius 3 is 1.57 bits per heavy atom. The van der Waals surface area contributed by atoms with Crippen LogP contribution in [0.2, 0.25) is 0 Å². The maximum Gasteiger partial charge on any atom is 0.225 e. The first kappa shape index (κ1) is 84.6. The van der Waals surface area contributed by atoms with E-state index in [4.69, 9.17) is 27.7 Å². The van der Waals surface area contributed by atoms with Crippen LogP contribution in [0.3, 0.4) is 0 Å². The van der Waals surface area contributed by atoms with Gasteiger partial charge in [-0.05, 0) is 260 Å². The van der Waals surface area contributed by atoms with Crippen molar-refractivity contribution in [2.24, 2.45) is 46.3 Å². The summed E-state index contributed by atoms with van der Waals surface area (Å²) in [5.74, 6) is 10.3. The number of carbonyl (C=O) groups is 1. The molecule has 5 saturated heterocycles. The largest absolute Gasteiger partial charge is 0.457 e. The predicted octanol–water partition coefficient (Wildman–Crippen LogP) is 14.2. The maximum atomic E-state index is 12.4. The summed E-state index contributed by atoms with van der Waals surface area (Å²) in [5, 5.41) is 33.2. The molecule has 0 bridgehead atoms. The first-order valence-corrected chi connectivity index (χ1v) is 42.5. The quantitative estimate of drug-likeness (QED) is 0.0250. The van der Waals surface area contributed by atoms with Gasteiger partial charge in [0.25, 0.3) is 0 Å². The highest BCUT2D eigenvalue weighted by molar-refractivity contribution is 5.79. The van der Waals surface area contributed by atoms with Gasteiger partial charge in [-0.3, -0.25) is 4.79 Å². The average Bonchev–Trinajstić information content (AvgIpc) is 1.60. The monoisotopic (exact) mass is 1560 g/mol. The van der Waals surface area contributed by atoms with Crippen LogP contribution in [0.5, 0.6) is 11.5 Å². The molecule has 1 amide bonds. The van der Waals surface area contributed by atoms with E-state index in [0.717, 1.165) is 187 Å². The van der Waals surface area contributed by atoms with Crippen molar-refractivity contribution in [3.63, 3.8) is 0 Å². The summed E-state index contributed by atoms with van der Waals surface area (Å²) < 4.78 is 5.77. The molecule has 2 saturated carbocycles. The zero-order valence-electron chi connectivity index (χ0n) is 67.8. The van der Waals surface area contributed by atoms with Crippen LogP contribution >= 0.6 is 0 Å². The van der Waals surface area contributed by atoms with E-state index in [-0.39, 0.29) is 47.9 Å². The lowest BCUT2D eigenvalue weighted by atomic mass is 9.75. The van der Waals surface area contributed by atoms with E-state index < -0.39 is 0 Å². The highest BCUT2D eigenvalue weighted by atomic mass is 16.5. The predicted molar refractivity (Wildman–Crippen MR) is 464 cm³/mol. The molecule has 3 unspecified atom stereocenters. The Balaban J connectivity index is 0.000000133. The number of carbonyl (C=O) groups excluding carboxylic acids is 1. The Hall–Kier alpha value is -9.77. The molecule has 16 rings (SSSR count). The van der Waals surface area contributed by atoms with Crippen molar-refractivity contribution >= 4 is 47.0 Å². The van der Waals surface area contributed by atoms with Crippen LogP contribution in [0.4, 0.5) is 41.1 Å². The minimum Gasteiger partial charge on any atom is -0.457 e. The number of rotatable bonds is 26. The molecule has 6 aromatic carbocycles. The number of amides is 1. The highest BCUT2D eigenvalue weighted by Gasteiger charge is 2.53. The number of nitrogens with one attached hydrogen (secondary N) is 1. The summed E-state index contributed by atoms with van der Waals surface area (Å²) in [4.78, 5) is 48.5. The Kier molecular flexibility index (Phi) is 31.8. The van der Waals surface area contributed by atoms with Crippen LogP contribution in [-0.2, 0) is 37.0 Å². The number of nitrogens with zero attached hydrogens (tertiary/aromatic N) is 11. The summed E-state index contributed by atoms with van der Waals surface area (Å²) in [6.07, 6.45) is 26.0. The van der Waals surface area contributed by atoms with Gasteiger partial charge in [-0.25, -0.2) is 9.97 Å². The van der Waals surface area contributed by atoms with Gasteiger partial charge in [0.15, 0.2) is 0 Å². The van der Waals surface area contributed by atoms with E-state index in [1.165, 1.54) is 99.9 Å². The number of ether oxygens (including phenoxy) is 1. The lowest BCUT2D eigenvalue weighted by Gasteiger charge is -2.42. The fourth-order valence-electron chi connectivity index (χ4n) is 18.1. The molecule has 21 nitrogen and oxygen atoms in total. The third-order valence-electron chi connectivity index (χ3n) is 25.0. The average molecular weight is 1560 g/mol. The lowest BCUT2D eigenvalue weighted by molar-refractivity contribution is -0.134. The fourth-order valence-corrected chi connectivity index (χ4v) is 18.1. The summed E-state index contributed by atoms with van der Waals surface area (Å²) in [7, 11) is 1.82. The molecule has 8 heterocycles. The number of nitrogen functional groups attached to an aromatic ring is 4. The third kappa shape index (κ3) is 26.4. The SMILES string of the molecule is CN(Cc1ccc(Oc2ccccc2)cc1)C(=O)[C@H]1CC[C@H](O)C1.Nc1cc(N2CCC(CO)(CCCc3ccccc3)CC2)nc(N)n1.Nc1nccc(N2CCCC(CCc3ccccc3)C2)n1.Nc1nccc(N2CCCC(CO)(CCCc3ccccc3)C2)n1.c1ccc(CCC2CCN(CC3[C@H]4CNC[C@@H]34)CC2)cc1. The number of fused-ring (bicyclic) bond motifs is 1. The van der Waals surface area contributed by atoms with Gasteiger partial charge >= 0.3 is 0 Å². The van der Waals surface area contributed by atoms with Gasteiger partial charge in [0.05, 0.1) is 12.7 Å². The van der Waals surface area contributed by atoms with Crippen LogP contribution in [0.15, 0.2) is 207 Å². The van der Waals surface area contributed by atoms with Crippen molar-refractivity contribution in [2.45, 2.75) is 147 Å². The molecule has 115 heavy (non-hydrogen) atoms. The zero-order valence-corrected chi connectivity index (χ0v) is 67.8. The number of aliphatic hydroxyl groups is 3. The smallest absolute Gasteiger partial charge is 0.225 e. The number of nitrogens with two attached hydrogens (primary N) is 4. The van der Waals surface area contributed by atoms with Gasteiger partial charge in [0.1, 0.15) is 34.8 Å². The second-order valence-corrected chi connectivity index (χ2v) is 33.4. The van der Waals surface area contributed by atoms with Crippen LogP contribution in [-0.4, -0.2) is 159 Å². The standard InChI is InChI=1S/C20H23NO3.C19H27N5O.C19H26N4O.C19H28N2.C17H22N4/c1-21(20(23)16-9-10-17(22)13-16)14-15-7-11-19(12-8-15)24-18-5-3-2-4-6-18;20-16-13-17(23-18(21)22-16)24-11-9-19(14-25,10-12-24)8-4-7-15-5-2-1-3-6-15;20-18-21-12-9-17(22-18)23-13-5-11-19(14-23,15-24)10-4-8-16-6-2-1-3-7-16;1-2-4-15(5-3-1)6-7-16-8-10-21(11-9-16)14-19-17-12-20-13-18(17)19;18-17-19-11-10-16(20-17)21-12-4-7-15(13-21)9-8-14-5-2-1-3-6-14/h2-8,11-12,16-17,22H,9-10,13-14H2,1H3;1-3,5-6,13,25H,4,7-12,14H2,(H4,20,21,22,23);1-3,6-7,9,12,24H,4-5,8,10-11,13-15H2,(H2,20,21,22);1-5,16-20H,6-14H2;1-3,5-6,10-11,15H,4,7-9,12-13H2,(H2,18,19,20)/t16-,17-;;;17-,18+,19?;/m0..../s1. The van der Waals surface area contributed by atoms with Gasteiger partial charge < -0.3 is 72.8 Å². The molecule has 12 N–H and O–H groups in total. The molecule has 7 atom stereocenters. The van der Waals surface area contributed by atoms with E-state index in [2.05, 4.69) is 164 Å². The number of hydrogen-bond acceptors (Lipinski definition) is 20. The number of aliphatic hydroxyl groups excluding tert-OH is 3. The fraction of sp³-hybridized carbons (Fsp3) is 0.479. The number of anilines is 7. The number of likely N-dealkylation sites (tertiary alicyclic amines) is 1. The molecule has 3 aromatic heterocycles. The Morgan fingerprint density at radius 1 is 0.513 bits per heavy atom. The van der Waals surface area contributed by atoms with Crippen molar-refractivity contribution in [3.05, 3.63) is 234 Å². The van der Waals surface area contributed by atoms with Crippen LogP contribution in [0.1, 0.15) is 137 Å². The molecule has 0 spiro atoms. The molecule has 21 heteroatoms. The van der Waals surface area contributed by atoms with Crippen molar-refractivity contribution in [1.29, 1.82) is 0 Å². The Morgan fingerprint density at radius 2 is 1.03 bits per heavy atom. The number of piperidine rings is 5. The minimum atomic E-state index is -0.318. The normalized spacial score (nSPS) is 21.6. The first-order chi connectivity index (χ1) is 56.1. The van der Waals surface area contributed by atoms with Gasteiger partial charge in [0, 0.05) is 95.8 Å².